The third-order valence-electron chi connectivity index (χ3n) is 3.75. The van der Waals surface area contributed by atoms with Gasteiger partial charge >= 0.3 is 29.8 Å². The van der Waals surface area contributed by atoms with E-state index in [-0.39, 0.29) is 12.1 Å². The molecule has 0 saturated heterocycles. The highest BCUT2D eigenvalue weighted by atomic mass is 79.9. The Kier molecular flexibility index (Phi) is 8.44. The zero-order chi connectivity index (χ0) is 24.4. The lowest BCUT2D eigenvalue weighted by molar-refractivity contribution is -0.384. The van der Waals surface area contributed by atoms with Crippen molar-refractivity contribution in [2.45, 2.75) is 30.9 Å². The molecule has 0 aliphatic carbocycles. The van der Waals surface area contributed by atoms with Gasteiger partial charge in [0.2, 0.25) is 0 Å². The molecule has 2 N–H and O–H groups in total. The van der Waals surface area contributed by atoms with Crippen LogP contribution < -0.4 is 10.6 Å². The van der Waals surface area contributed by atoms with Crippen molar-refractivity contribution in [3.63, 3.8) is 0 Å². The van der Waals surface area contributed by atoms with E-state index < -0.39 is 85.8 Å². The van der Waals surface area contributed by atoms with E-state index in [0.29, 0.717) is 0 Å². The van der Waals surface area contributed by atoms with Gasteiger partial charge in [-0.15, -0.1) is 0 Å². The summed E-state index contributed by atoms with van der Waals surface area (Å²) in [7, 11) is 0. The van der Waals surface area contributed by atoms with Gasteiger partial charge in [0.05, 0.1) is 16.2 Å². The second-order valence-corrected chi connectivity index (χ2v) is 7.50. The van der Waals surface area contributed by atoms with Crippen molar-refractivity contribution < 1.29 is 45.2 Å². The highest BCUT2D eigenvalue weighted by molar-refractivity contribution is 9.09. The maximum absolute atomic E-state index is 14.2. The van der Waals surface area contributed by atoms with E-state index in [1.807, 2.05) is 0 Å². The number of hydrogen-bond acceptors (Lipinski definition) is 5. The van der Waals surface area contributed by atoms with Gasteiger partial charge in [0.1, 0.15) is 5.69 Å². The van der Waals surface area contributed by atoms with Crippen LogP contribution in [0, 0.1) is 10.1 Å². The maximum Gasteiger partial charge on any atom is 0.416 e. The van der Waals surface area contributed by atoms with Gasteiger partial charge in [-0.25, -0.2) is 4.90 Å². The number of rotatable bonds is 8. The molecule has 0 atom stereocenters. The quantitative estimate of drug-likeness (QED) is 0.152. The molecule has 0 aliphatic heterocycles. The minimum atomic E-state index is -5.33. The smallest absolute Gasteiger partial charge is 0.391 e. The van der Waals surface area contributed by atoms with Crippen molar-refractivity contribution in [1.29, 1.82) is 0 Å². The number of carbonyl (C=O) groups is 2. The summed E-state index contributed by atoms with van der Waals surface area (Å²) in [5.41, 5.74) is -1.02. The second kappa shape index (κ2) is 9.67. The molecule has 0 bridgehead atoms. The van der Waals surface area contributed by atoms with Crippen LogP contribution >= 0.6 is 31.9 Å². The Morgan fingerprint density at radius 2 is 1.39 bits per heavy atom. The molecule has 31 heavy (non-hydrogen) atoms. The predicted octanol–water partition coefficient (Wildman–Crippen LogP) is 4.90. The Hall–Kier alpha value is -1.97. The monoisotopic (exact) mass is 589 g/mol. The predicted molar refractivity (Wildman–Crippen MR) is 102 cm³/mol. The zero-order valence-electron chi connectivity index (χ0n) is 15.0. The minimum absolute atomic E-state index is 0.0841. The summed E-state index contributed by atoms with van der Waals surface area (Å²) < 4.78 is 96.2. The van der Waals surface area contributed by atoms with Gasteiger partial charge in [0.15, 0.2) is 0 Å². The number of alkyl halides is 9. The summed E-state index contributed by atoms with van der Waals surface area (Å²) >= 11 is 5.18. The third kappa shape index (κ3) is 6.05. The molecule has 7 nitrogen and oxygen atoms in total. The number of halogens is 9. The summed E-state index contributed by atoms with van der Waals surface area (Å²) in [6.45, 7) is 0. The van der Waals surface area contributed by atoms with Crippen LogP contribution in [0.5, 0.6) is 0 Å². The van der Waals surface area contributed by atoms with Gasteiger partial charge in [0.25, 0.3) is 5.69 Å². The van der Waals surface area contributed by atoms with Gasteiger partial charge in [-0.05, 0) is 6.07 Å². The molecule has 0 aromatic heterocycles. The topological polar surface area (TPSA) is 107 Å². The Labute approximate surface area is 186 Å². The Morgan fingerprint density at radius 3 is 1.71 bits per heavy atom. The molecular weight excluding hydrogens is 579 g/mol. The van der Waals surface area contributed by atoms with Crippen molar-refractivity contribution in [1.82, 2.24) is 0 Å². The number of nitrogens with zero attached hydrogens (tertiary/aromatic N) is 2. The van der Waals surface area contributed by atoms with E-state index in [1.165, 1.54) is 0 Å². The van der Waals surface area contributed by atoms with E-state index in [2.05, 4.69) is 31.9 Å². The van der Waals surface area contributed by atoms with Crippen LogP contribution in [-0.2, 0) is 15.8 Å². The van der Waals surface area contributed by atoms with Crippen LogP contribution in [0.25, 0.3) is 0 Å². The first kappa shape index (κ1) is 27.1. The van der Waals surface area contributed by atoms with E-state index in [0.717, 1.165) is 0 Å². The van der Waals surface area contributed by atoms with Crippen LogP contribution in [-0.4, -0.2) is 39.2 Å². The molecule has 0 unspecified atom stereocenters. The van der Waals surface area contributed by atoms with Gasteiger partial charge in [-0.2, -0.15) is 30.7 Å². The molecule has 0 spiro atoms. The lowest BCUT2D eigenvalue weighted by Gasteiger charge is -2.29. The summed E-state index contributed by atoms with van der Waals surface area (Å²) in [4.78, 5) is 33.3. The number of benzene rings is 1. The minimum Gasteiger partial charge on any atom is -0.391 e. The largest absolute Gasteiger partial charge is 0.416 e. The van der Waals surface area contributed by atoms with Crippen LogP contribution in [0.15, 0.2) is 12.1 Å². The van der Waals surface area contributed by atoms with E-state index in [1.54, 1.807) is 0 Å². The molecule has 1 aromatic rings. The number of nitrogen functional groups attached to an aromatic ring is 1. The standard InChI is InChI=1S/C15H12Br2F7N3O4/c16-3-1-13(18,19)11(28)26(12(29)14(20,21)2-4-17)8-5-7(15(22,23)24)6-9(10(8)25)27(30)31/h5-6H,1-4,25H2. The van der Waals surface area contributed by atoms with Crippen LogP contribution in [0.3, 0.4) is 0 Å². The van der Waals surface area contributed by atoms with Gasteiger partial charge in [0, 0.05) is 29.6 Å². The fourth-order valence-corrected chi connectivity index (χ4v) is 3.21. The first-order chi connectivity index (χ1) is 14.0. The number of anilines is 2. The fourth-order valence-electron chi connectivity index (χ4n) is 2.21. The fraction of sp³-hybridized carbons (Fsp3) is 0.467. The summed E-state index contributed by atoms with van der Waals surface area (Å²) in [6.07, 6.45) is -7.97. The summed E-state index contributed by atoms with van der Waals surface area (Å²) in [6, 6.07) is -0.244. The number of amides is 2. The van der Waals surface area contributed by atoms with E-state index in [9.17, 15) is 50.4 Å². The molecule has 0 aliphatic rings. The third-order valence-corrected chi connectivity index (χ3v) is 4.54. The number of nitro benzene ring substituents is 1. The molecule has 0 saturated carbocycles. The number of nitrogens with two attached hydrogens (primary N) is 1. The van der Waals surface area contributed by atoms with E-state index in [4.69, 9.17) is 5.73 Å². The molecule has 174 valence electrons. The lowest BCUT2D eigenvalue weighted by Crippen LogP contribution is -2.53. The maximum atomic E-state index is 14.2. The SMILES string of the molecule is Nc1c(N(C(=O)C(F)(F)CCBr)C(=O)C(F)(F)CCBr)cc(C(F)(F)F)cc1[N+](=O)[O-]. The van der Waals surface area contributed by atoms with Crippen molar-refractivity contribution in [2.24, 2.45) is 0 Å². The zero-order valence-corrected chi connectivity index (χ0v) is 18.2. The van der Waals surface area contributed by atoms with Crippen molar-refractivity contribution in [2.75, 3.05) is 21.3 Å². The van der Waals surface area contributed by atoms with E-state index >= 15 is 0 Å². The number of carbonyl (C=O) groups excluding carboxylic acids is 2. The summed E-state index contributed by atoms with van der Waals surface area (Å²) in [5.74, 6) is -14.2. The highest BCUT2D eigenvalue weighted by Gasteiger charge is 2.52. The molecule has 1 rings (SSSR count). The first-order valence-electron chi connectivity index (χ1n) is 7.93. The molecule has 1 aromatic carbocycles. The van der Waals surface area contributed by atoms with Crippen LogP contribution in [0.2, 0.25) is 0 Å². The van der Waals surface area contributed by atoms with Crippen LogP contribution in [0.1, 0.15) is 18.4 Å². The average Bonchev–Trinajstić information content (AvgIpc) is 2.61. The first-order valence-corrected chi connectivity index (χ1v) is 10.2. The average molecular weight is 591 g/mol. The van der Waals surface area contributed by atoms with Crippen molar-refractivity contribution >= 4 is 60.7 Å². The Morgan fingerprint density at radius 1 is 0.968 bits per heavy atom. The highest BCUT2D eigenvalue weighted by Crippen LogP contribution is 2.42. The number of nitro groups is 1. The van der Waals surface area contributed by atoms with Gasteiger partial charge < -0.3 is 5.73 Å². The lowest BCUT2D eigenvalue weighted by atomic mass is 10.1. The second-order valence-electron chi connectivity index (χ2n) is 5.92. The molecule has 16 heteroatoms. The molecule has 0 radical (unpaired) electrons. The summed E-state index contributed by atoms with van der Waals surface area (Å²) in [5, 5.41) is 9.97. The normalized spacial score (nSPS) is 12.5. The van der Waals surface area contributed by atoms with Crippen molar-refractivity contribution in [3.05, 3.63) is 27.8 Å². The Balaban J connectivity index is 3.92. The molecule has 0 fully saturated rings. The van der Waals surface area contributed by atoms with Gasteiger partial charge in [-0.1, -0.05) is 31.9 Å². The molecule has 0 heterocycles. The number of hydrogen-bond donors (Lipinski definition) is 1. The molecule has 2 amide bonds. The molecular formula is C15H12Br2F7N3O4. The van der Waals surface area contributed by atoms with Crippen LogP contribution in [0.4, 0.5) is 47.8 Å². The Bertz CT molecular complexity index is 851. The van der Waals surface area contributed by atoms with Gasteiger partial charge in [-0.3, -0.25) is 19.7 Å². The number of imide groups is 1. The van der Waals surface area contributed by atoms with Crippen molar-refractivity contribution in [3.8, 4) is 0 Å².